The average Bonchev–Trinajstić information content (AvgIpc) is 3.18. The van der Waals surface area contributed by atoms with Crippen molar-refractivity contribution in [2.45, 2.75) is 26.3 Å². The van der Waals surface area contributed by atoms with Crippen LogP contribution in [0.1, 0.15) is 25.1 Å². The maximum Gasteiger partial charge on any atom is 0.251 e. The van der Waals surface area contributed by atoms with Crippen molar-refractivity contribution in [3.63, 3.8) is 0 Å². The van der Waals surface area contributed by atoms with Gasteiger partial charge in [-0.05, 0) is 48.9 Å². The molecule has 9 heteroatoms. The molecule has 1 aliphatic rings. The molecule has 1 aliphatic heterocycles. The molecular formula is C22H20FN5O3. The van der Waals surface area contributed by atoms with Gasteiger partial charge in [-0.15, -0.1) is 0 Å². The number of carbonyl (C=O) groups excluding carboxylic acids is 3. The zero-order chi connectivity index (χ0) is 22.1. The number of anilines is 3. The Kier molecular flexibility index (Phi) is 5.24. The molecule has 1 unspecified atom stereocenters. The minimum Gasteiger partial charge on any atom is -0.326 e. The molecule has 4 rings (SSSR count). The van der Waals surface area contributed by atoms with Crippen LogP contribution in [-0.2, 0) is 14.4 Å². The summed E-state index contributed by atoms with van der Waals surface area (Å²) in [5, 5.41) is 12.6. The van der Waals surface area contributed by atoms with E-state index in [1.165, 1.54) is 23.7 Å². The Balaban J connectivity index is 1.50. The number of fused-ring (bicyclic) bond motifs is 1. The standard InChI is InChI=1S/C22H20FN5O3/c1-12-20(14-3-5-15(23)6-4-14)21-26-22(31)18(28(21)27-12)11-19(30)25-17-9-7-16(8-10-17)24-13(2)29/h3-10,18H,11H2,1-2H3,(H,24,29)(H,25,30)(H,26,31). The van der Waals surface area contributed by atoms with Gasteiger partial charge >= 0.3 is 0 Å². The first-order chi connectivity index (χ1) is 14.8. The molecule has 3 amide bonds. The number of aryl methyl sites for hydroxylation is 1. The minimum absolute atomic E-state index is 0.101. The van der Waals surface area contributed by atoms with E-state index in [2.05, 4.69) is 21.0 Å². The first kappa shape index (κ1) is 20.3. The molecule has 1 atom stereocenters. The van der Waals surface area contributed by atoms with Crippen LogP contribution in [0, 0.1) is 12.7 Å². The smallest absolute Gasteiger partial charge is 0.251 e. The molecule has 1 aromatic heterocycles. The van der Waals surface area contributed by atoms with E-state index in [0.717, 1.165) is 5.56 Å². The van der Waals surface area contributed by atoms with Gasteiger partial charge in [0.1, 0.15) is 17.7 Å². The molecule has 2 heterocycles. The molecule has 3 N–H and O–H groups in total. The molecular weight excluding hydrogens is 401 g/mol. The molecule has 2 aromatic carbocycles. The molecule has 31 heavy (non-hydrogen) atoms. The van der Waals surface area contributed by atoms with Gasteiger partial charge in [0.25, 0.3) is 5.91 Å². The van der Waals surface area contributed by atoms with Gasteiger partial charge in [0.05, 0.1) is 12.1 Å². The Hall–Kier alpha value is -4.01. The summed E-state index contributed by atoms with van der Waals surface area (Å²) in [4.78, 5) is 36.2. The number of amides is 3. The van der Waals surface area contributed by atoms with Crippen LogP contribution in [0.3, 0.4) is 0 Å². The third-order valence-electron chi connectivity index (χ3n) is 4.93. The lowest BCUT2D eigenvalue weighted by Gasteiger charge is -2.10. The summed E-state index contributed by atoms with van der Waals surface area (Å²) in [5.41, 5.74) is 3.25. The molecule has 0 saturated carbocycles. The van der Waals surface area contributed by atoms with Crippen molar-refractivity contribution in [1.82, 2.24) is 9.78 Å². The van der Waals surface area contributed by atoms with Crippen molar-refractivity contribution in [2.75, 3.05) is 16.0 Å². The number of hydrogen-bond donors (Lipinski definition) is 3. The van der Waals surface area contributed by atoms with Crippen molar-refractivity contribution >= 4 is 34.9 Å². The molecule has 0 spiro atoms. The molecule has 0 radical (unpaired) electrons. The zero-order valence-corrected chi connectivity index (χ0v) is 16.9. The van der Waals surface area contributed by atoms with Crippen molar-refractivity contribution in [1.29, 1.82) is 0 Å². The highest BCUT2D eigenvalue weighted by atomic mass is 19.1. The second-order valence-corrected chi connectivity index (χ2v) is 7.28. The van der Waals surface area contributed by atoms with Crippen LogP contribution in [0.15, 0.2) is 48.5 Å². The fourth-order valence-electron chi connectivity index (χ4n) is 3.57. The van der Waals surface area contributed by atoms with Gasteiger partial charge in [0.15, 0.2) is 0 Å². The molecule has 3 aromatic rings. The fraction of sp³-hybridized carbons (Fsp3) is 0.182. The predicted molar refractivity (Wildman–Crippen MR) is 114 cm³/mol. The minimum atomic E-state index is -0.790. The van der Waals surface area contributed by atoms with Crippen molar-refractivity contribution in [3.05, 3.63) is 60.0 Å². The van der Waals surface area contributed by atoms with Crippen LogP contribution < -0.4 is 16.0 Å². The summed E-state index contributed by atoms with van der Waals surface area (Å²) in [5.74, 6) is -0.728. The SMILES string of the molecule is CC(=O)Nc1ccc(NC(=O)CC2C(=O)Nc3c(-c4ccc(F)cc4)c(C)nn32)cc1. The third-order valence-corrected chi connectivity index (χ3v) is 4.93. The lowest BCUT2D eigenvalue weighted by Crippen LogP contribution is -2.23. The van der Waals surface area contributed by atoms with E-state index in [1.807, 2.05) is 0 Å². The van der Waals surface area contributed by atoms with Crippen molar-refractivity contribution < 1.29 is 18.8 Å². The van der Waals surface area contributed by atoms with Crippen molar-refractivity contribution in [2.24, 2.45) is 0 Å². The summed E-state index contributed by atoms with van der Waals surface area (Å²) in [6.07, 6.45) is -0.101. The van der Waals surface area contributed by atoms with Gasteiger partial charge in [0, 0.05) is 23.9 Å². The summed E-state index contributed by atoms with van der Waals surface area (Å²) in [6, 6.07) is 11.8. The number of nitrogens with zero attached hydrogens (tertiary/aromatic N) is 2. The number of halogens is 1. The number of nitrogens with one attached hydrogen (secondary N) is 3. The summed E-state index contributed by atoms with van der Waals surface area (Å²) in [6.45, 7) is 3.21. The van der Waals surface area contributed by atoms with Gasteiger partial charge in [-0.1, -0.05) is 12.1 Å². The molecule has 158 valence electrons. The quantitative estimate of drug-likeness (QED) is 0.587. The maximum atomic E-state index is 13.3. The zero-order valence-electron chi connectivity index (χ0n) is 16.9. The predicted octanol–water partition coefficient (Wildman–Crippen LogP) is 3.48. The lowest BCUT2D eigenvalue weighted by molar-refractivity contribution is -0.123. The normalized spacial score (nSPS) is 14.7. The average molecular weight is 421 g/mol. The monoisotopic (exact) mass is 421 g/mol. The van der Waals surface area contributed by atoms with E-state index in [-0.39, 0.29) is 30.0 Å². The third kappa shape index (κ3) is 4.16. The molecule has 0 saturated heterocycles. The van der Waals surface area contributed by atoms with Gasteiger partial charge < -0.3 is 16.0 Å². The Morgan fingerprint density at radius 3 is 2.29 bits per heavy atom. The van der Waals surface area contributed by atoms with E-state index in [0.29, 0.717) is 28.5 Å². The largest absolute Gasteiger partial charge is 0.326 e. The summed E-state index contributed by atoms with van der Waals surface area (Å²) in [7, 11) is 0. The van der Waals surface area contributed by atoms with E-state index in [9.17, 15) is 18.8 Å². The van der Waals surface area contributed by atoms with Gasteiger partial charge in [-0.3, -0.25) is 14.4 Å². The molecule has 0 fully saturated rings. The van der Waals surface area contributed by atoms with Crippen molar-refractivity contribution in [3.8, 4) is 11.1 Å². The van der Waals surface area contributed by atoms with Crippen LogP contribution in [-0.4, -0.2) is 27.5 Å². The molecule has 8 nitrogen and oxygen atoms in total. The van der Waals surface area contributed by atoms with E-state index < -0.39 is 6.04 Å². The Morgan fingerprint density at radius 2 is 1.68 bits per heavy atom. The topological polar surface area (TPSA) is 105 Å². The fourth-order valence-corrected chi connectivity index (χ4v) is 3.57. The number of hydrogen-bond acceptors (Lipinski definition) is 4. The Labute approximate surface area is 177 Å². The first-order valence-electron chi connectivity index (χ1n) is 9.65. The number of aromatic nitrogens is 2. The number of benzene rings is 2. The van der Waals surface area contributed by atoms with Crippen LogP contribution in [0.4, 0.5) is 21.6 Å². The first-order valence-corrected chi connectivity index (χ1v) is 9.65. The number of rotatable bonds is 5. The second kappa shape index (κ2) is 8.02. The lowest BCUT2D eigenvalue weighted by atomic mass is 10.1. The van der Waals surface area contributed by atoms with E-state index in [1.54, 1.807) is 43.3 Å². The number of carbonyl (C=O) groups is 3. The molecule has 0 bridgehead atoms. The highest BCUT2D eigenvalue weighted by molar-refractivity contribution is 6.04. The van der Waals surface area contributed by atoms with Gasteiger partial charge in [-0.2, -0.15) is 5.10 Å². The van der Waals surface area contributed by atoms with Gasteiger partial charge in [0.2, 0.25) is 11.8 Å². The van der Waals surface area contributed by atoms with Crippen LogP contribution >= 0.6 is 0 Å². The Bertz CT molecular complexity index is 1170. The van der Waals surface area contributed by atoms with Crippen LogP contribution in [0.2, 0.25) is 0 Å². The second-order valence-electron chi connectivity index (χ2n) is 7.28. The highest BCUT2D eigenvalue weighted by Crippen LogP contribution is 2.38. The van der Waals surface area contributed by atoms with E-state index in [4.69, 9.17) is 0 Å². The highest BCUT2D eigenvalue weighted by Gasteiger charge is 2.36. The van der Waals surface area contributed by atoms with Gasteiger partial charge in [-0.25, -0.2) is 9.07 Å². The summed E-state index contributed by atoms with van der Waals surface area (Å²) >= 11 is 0. The van der Waals surface area contributed by atoms with E-state index >= 15 is 0 Å². The maximum absolute atomic E-state index is 13.3. The Morgan fingerprint density at radius 1 is 1.06 bits per heavy atom. The molecule has 0 aliphatic carbocycles. The summed E-state index contributed by atoms with van der Waals surface area (Å²) < 4.78 is 14.8. The van der Waals surface area contributed by atoms with Crippen LogP contribution in [0.5, 0.6) is 0 Å². The van der Waals surface area contributed by atoms with Crippen LogP contribution in [0.25, 0.3) is 11.1 Å².